The van der Waals surface area contributed by atoms with Crippen LogP contribution in [0.3, 0.4) is 0 Å². The first-order chi connectivity index (χ1) is 6.07. The second kappa shape index (κ2) is 3.57. The molecule has 13 heavy (non-hydrogen) atoms. The molecule has 0 bridgehead atoms. The van der Waals surface area contributed by atoms with Crippen molar-refractivity contribution in [3.05, 3.63) is 27.0 Å². The van der Waals surface area contributed by atoms with Crippen LogP contribution in [0.2, 0.25) is 5.15 Å². The van der Waals surface area contributed by atoms with E-state index in [0.29, 0.717) is 12.0 Å². The summed E-state index contributed by atoms with van der Waals surface area (Å²) in [4.78, 5) is 13.5. The molecule has 1 aromatic heterocycles. The Morgan fingerprint density at radius 1 is 1.77 bits per heavy atom. The normalized spacial score (nSPS) is 10.0. The lowest BCUT2D eigenvalue weighted by Gasteiger charge is -2.04. The van der Waals surface area contributed by atoms with Gasteiger partial charge < -0.3 is 5.73 Å². The van der Waals surface area contributed by atoms with E-state index in [4.69, 9.17) is 17.3 Å². The van der Waals surface area contributed by atoms with Crippen LogP contribution in [0.1, 0.15) is 12.5 Å². The van der Waals surface area contributed by atoms with E-state index in [9.17, 15) is 10.1 Å². The van der Waals surface area contributed by atoms with Gasteiger partial charge in [-0.25, -0.2) is 4.98 Å². The Hall–Kier alpha value is -1.36. The van der Waals surface area contributed by atoms with Crippen molar-refractivity contribution in [3.8, 4) is 0 Å². The number of halogens is 1. The largest absolute Gasteiger partial charge is 0.393 e. The molecule has 0 aliphatic rings. The van der Waals surface area contributed by atoms with Crippen LogP contribution in [-0.2, 0) is 6.42 Å². The molecule has 0 amide bonds. The number of aromatic nitrogens is 1. The zero-order chi connectivity index (χ0) is 10.0. The van der Waals surface area contributed by atoms with Gasteiger partial charge >= 0.3 is 5.69 Å². The third-order valence-corrected chi connectivity index (χ3v) is 2.03. The summed E-state index contributed by atoms with van der Waals surface area (Å²) in [6.07, 6.45) is 1.59. The number of nitrogens with zero attached hydrogens (tertiary/aromatic N) is 2. The zero-order valence-electron chi connectivity index (χ0n) is 6.95. The Morgan fingerprint density at radius 2 is 2.38 bits per heavy atom. The van der Waals surface area contributed by atoms with Crippen molar-refractivity contribution in [2.24, 2.45) is 0 Å². The first kappa shape index (κ1) is 9.73. The smallest absolute Gasteiger partial charge is 0.310 e. The van der Waals surface area contributed by atoms with E-state index in [2.05, 4.69) is 4.98 Å². The number of nitrogens with two attached hydrogens (primary N) is 1. The number of anilines is 1. The molecule has 0 spiro atoms. The Balaban J connectivity index is 3.35. The number of hydrogen-bond donors (Lipinski definition) is 1. The number of hydrogen-bond acceptors (Lipinski definition) is 4. The summed E-state index contributed by atoms with van der Waals surface area (Å²) in [6.45, 7) is 1.81. The van der Waals surface area contributed by atoms with Crippen molar-refractivity contribution in [1.29, 1.82) is 0 Å². The highest BCUT2D eigenvalue weighted by atomic mass is 35.5. The highest BCUT2D eigenvalue weighted by molar-refractivity contribution is 6.30. The van der Waals surface area contributed by atoms with Crippen molar-refractivity contribution in [3.63, 3.8) is 0 Å². The van der Waals surface area contributed by atoms with Crippen LogP contribution in [0.5, 0.6) is 0 Å². The predicted octanol–water partition coefficient (Wildman–Crippen LogP) is 1.79. The molecule has 0 fully saturated rings. The Kier molecular flexibility index (Phi) is 2.67. The average Bonchev–Trinajstić information content (AvgIpc) is 2.04. The molecular weight excluding hydrogens is 194 g/mol. The number of nitrogen functional groups attached to an aromatic ring is 1. The van der Waals surface area contributed by atoms with E-state index in [1.54, 1.807) is 0 Å². The lowest BCUT2D eigenvalue weighted by Crippen LogP contribution is -2.01. The highest BCUT2D eigenvalue weighted by Crippen LogP contribution is 2.28. The van der Waals surface area contributed by atoms with Gasteiger partial charge in [0.15, 0.2) is 0 Å². The van der Waals surface area contributed by atoms with Gasteiger partial charge in [0, 0.05) is 5.56 Å². The third-order valence-electron chi connectivity index (χ3n) is 1.70. The number of rotatable bonds is 2. The standard InChI is InChI=1S/C7H8ClN3O2/c1-2-4-6(9)5(11(12)13)3-10-7(4)8/h3H,2H2,1H3,(H2,9,10). The van der Waals surface area contributed by atoms with Crippen molar-refractivity contribution in [2.75, 3.05) is 5.73 Å². The van der Waals surface area contributed by atoms with Gasteiger partial charge in [0.25, 0.3) is 0 Å². The van der Waals surface area contributed by atoms with Crippen LogP contribution in [0, 0.1) is 10.1 Å². The summed E-state index contributed by atoms with van der Waals surface area (Å²) in [7, 11) is 0. The van der Waals surface area contributed by atoms with Crippen LogP contribution in [0.15, 0.2) is 6.20 Å². The molecule has 0 saturated carbocycles. The average molecular weight is 202 g/mol. The second-order valence-corrected chi connectivity index (χ2v) is 2.80. The minimum absolute atomic E-state index is 0.104. The van der Waals surface area contributed by atoms with Gasteiger partial charge in [-0.2, -0.15) is 0 Å². The Bertz CT molecular complexity index is 354. The fraction of sp³-hybridized carbons (Fsp3) is 0.286. The van der Waals surface area contributed by atoms with Crippen LogP contribution in [-0.4, -0.2) is 9.91 Å². The maximum Gasteiger partial charge on any atom is 0.310 e. The van der Waals surface area contributed by atoms with Crippen molar-refractivity contribution >= 4 is 23.0 Å². The molecule has 1 heterocycles. The lowest BCUT2D eigenvalue weighted by molar-refractivity contribution is -0.384. The second-order valence-electron chi connectivity index (χ2n) is 2.44. The molecule has 1 rings (SSSR count). The molecule has 0 radical (unpaired) electrons. The van der Waals surface area contributed by atoms with E-state index in [-0.39, 0.29) is 16.5 Å². The highest BCUT2D eigenvalue weighted by Gasteiger charge is 2.17. The number of pyridine rings is 1. The van der Waals surface area contributed by atoms with Crippen molar-refractivity contribution < 1.29 is 4.92 Å². The summed E-state index contributed by atoms with van der Waals surface area (Å²) < 4.78 is 0. The number of nitro groups is 1. The molecule has 0 aliphatic heterocycles. The van der Waals surface area contributed by atoms with Crippen molar-refractivity contribution in [2.45, 2.75) is 13.3 Å². The Morgan fingerprint density at radius 3 is 2.85 bits per heavy atom. The van der Waals surface area contributed by atoms with E-state index in [0.717, 1.165) is 6.20 Å². The monoisotopic (exact) mass is 201 g/mol. The summed E-state index contributed by atoms with van der Waals surface area (Å²) in [5, 5.41) is 10.7. The third kappa shape index (κ3) is 1.70. The summed E-state index contributed by atoms with van der Waals surface area (Å²) in [6, 6.07) is 0. The van der Waals surface area contributed by atoms with Gasteiger partial charge in [0.05, 0.1) is 4.92 Å². The van der Waals surface area contributed by atoms with E-state index >= 15 is 0 Å². The topological polar surface area (TPSA) is 82.0 Å². The van der Waals surface area contributed by atoms with Crippen LogP contribution < -0.4 is 5.73 Å². The van der Waals surface area contributed by atoms with Gasteiger partial charge in [-0.05, 0) is 6.42 Å². The molecule has 70 valence electrons. The summed E-state index contributed by atoms with van der Waals surface area (Å²) in [5.41, 5.74) is 5.96. The molecule has 5 nitrogen and oxygen atoms in total. The maximum atomic E-state index is 10.4. The fourth-order valence-corrected chi connectivity index (χ4v) is 1.30. The van der Waals surface area contributed by atoms with Gasteiger partial charge in [-0.1, -0.05) is 18.5 Å². The molecular formula is C7H8ClN3O2. The van der Waals surface area contributed by atoms with Crippen LogP contribution in [0.4, 0.5) is 11.4 Å². The van der Waals surface area contributed by atoms with Gasteiger partial charge in [-0.15, -0.1) is 0 Å². The molecule has 6 heteroatoms. The van der Waals surface area contributed by atoms with E-state index in [1.807, 2.05) is 6.92 Å². The van der Waals surface area contributed by atoms with Gasteiger partial charge in [0.1, 0.15) is 17.0 Å². The zero-order valence-corrected chi connectivity index (χ0v) is 7.71. The van der Waals surface area contributed by atoms with Crippen LogP contribution in [0.25, 0.3) is 0 Å². The minimum Gasteiger partial charge on any atom is -0.393 e. The quantitative estimate of drug-likeness (QED) is 0.449. The van der Waals surface area contributed by atoms with E-state index < -0.39 is 4.92 Å². The SMILES string of the molecule is CCc1c(Cl)ncc([N+](=O)[O-])c1N. The first-order valence-electron chi connectivity index (χ1n) is 3.65. The summed E-state index contributed by atoms with van der Waals surface area (Å²) in [5.74, 6) is 0. The van der Waals surface area contributed by atoms with Gasteiger partial charge in [0.2, 0.25) is 0 Å². The predicted molar refractivity (Wildman–Crippen MR) is 49.7 cm³/mol. The lowest BCUT2D eigenvalue weighted by atomic mass is 10.2. The Labute approximate surface area is 79.7 Å². The van der Waals surface area contributed by atoms with E-state index in [1.165, 1.54) is 0 Å². The molecule has 2 N–H and O–H groups in total. The molecule has 0 aromatic carbocycles. The molecule has 0 aliphatic carbocycles. The molecule has 0 atom stereocenters. The van der Waals surface area contributed by atoms with Crippen LogP contribution >= 0.6 is 11.6 Å². The molecule has 0 unspecified atom stereocenters. The first-order valence-corrected chi connectivity index (χ1v) is 4.03. The van der Waals surface area contributed by atoms with Crippen molar-refractivity contribution in [1.82, 2.24) is 4.98 Å². The molecule has 0 saturated heterocycles. The maximum absolute atomic E-state index is 10.4. The summed E-state index contributed by atoms with van der Waals surface area (Å²) >= 11 is 5.69. The molecule has 1 aromatic rings. The fourth-order valence-electron chi connectivity index (χ4n) is 1.01. The minimum atomic E-state index is -0.572. The van der Waals surface area contributed by atoms with Gasteiger partial charge in [-0.3, -0.25) is 10.1 Å².